The van der Waals surface area contributed by atoms with Gasteiger partial charge in [0, 0.05) is 49.9 Å². The van der Waals surface area contributed by atoms with E-state index in [0.29, 0.717) is 18.2 Å². The van der Waals surface area contributed by atoms with Crippen molar-refractivity contribution < 1.29 is 9.59 Å². The summed E-state index contributed by atoms with van der Waals surface area (Å²) in [4.78, 5) is 33.4. The van der Waals surface area contributed by atoms with E-state index in [1.165, 1.54) is 32.1 Å². The van der Waals surface area contributed by atoms with E-state index < -0.39 is 0 Å². The lowest BCUT2D eigenvalue weighted by Gasteiger charge is -2.38. The molecular formula is C25H33N3O2. The van der Waals surface area contributed by atoms with Crippen LogP contribution in [0.25, 0.3) is 10.9 Å². The van der Waals surface area contributed by atoms with Gasteiger partial charge in [-0.25, -0.2) is 0 Å². The van der Waals surface area contributed by atoms with Gasteiger partial charge < -0.3 is 14.8 Å². The summed E-state index contributed by atoms with van der Waals surface area (Å²) >= 11 is 0. The average molecular weight is 408 g/mol. The molecule has 5 rings (SSSR count). The summed E-state index contributed by atoms with van der Waals surface area (Å²) < 4.78 is 0. The van der Waals surface area contributed by atoms with E-state index >= 15 is 0 Å². The number of carbonyl (C=O) groups excluding carboxylic acids is 2. The maximum atomic E-state index is 13.4. The zero-order chi connectivity index (χ0) is 20.6. The monoisotopic (exact) mass is 407 g/mol. The first kappa shape index (κ1) is 19.7. The third kappa shape index (κ3) is 3.63. The highest BCUT2D eigenvalue weighted by molar-refractivity contribution is 5.98. The zero-order valence-electron chi connectivity index (χ0n) is 17.9. The maximum Gasteiger partial charge on any atom is 0.253 e. The van der Waals surface area contributed by atoms with Crippen molar-refractivity contribution in [2.24, 2.45) is 11.3 Å². The third-order valence-electron chi connectivity index (χ3n) is 7.92. The molecule has 1 saturated carbocycles. The molecule has 160 valence electrons. The molecule has 0 bridgehead atoms. The summed E-state index contributed by atoms with van der Waals surface area (Å²) in [6.07, 6.45) is 12.0. The van der Waals surface area contributed by atoms with Crippen molar-refractivity contribution in [3.63, 3.8) is 0 Å². The number of rotatable bonds is 4. The average Bonchev–Trinajstić information content (AvgIpc) is 3.52. The number of carbonyl (C=O) groups is 2. The SMILES string of the molecule is O=C(CCC1CN(C(=O)c2ccc3cc[nH]c3c2)CC12CCCCC2)N1CCCC1. The molecule has 30 heavy (non-hydrogen) atoms. The molecule has 2 aromatic rings. The molecule has 1 unspecified atom stereocenters. The molecule has 2 amide bonds. The van der Waals surface area contributed by atoms with Crippen molar-refractivity contribution in [3.8, 4) is 0 Å². The van der Waals surface area contributed by atoms with Gasteiger partial charge in [0.2, 0.25) is 5.91 Å². The standard InChI is InChI=1S/C25H33N3O2/c29-23(27-14-4-5-15-27)9-8-21-17-28(18-25(21)11-2-1-3-12-25)24(30)20-7-6-19-10-13-26-22(19)16-20/h6-7,10,13,16,21,26H,1-5,8-9,11-12,14-15,17-18H2. The Kier molecular flexibility index (Phi) is 5.30. The van der Waals surface area contributed by atoms with Crippen LogP contribution >= 0.6 is 0 Å². The van der Waals surface area contributed by atoms with Gasteiger partial charge in [-0.15, -0.1) is 0 Å². The predicted molar refractivity (Wildman–Crippen MR) is 118 cm³/mol. The van der Waals surface area contributed by atoms with Crippen molar-refractivity contribution >= 4 is 22.7 Å². The van der Waals surface area contributed by atoms with Crippen molar-refractivity contribution in [1.29, 1.82) is 0 Å². The second-order valence-electron chi connectivity index (χ2n) is 9.71. The fourth-order valence-corrected chi connectivity index (χ4v) is 6.19. The summed E-state index contributed by atoms with van der Waals surface area (Å²) in [5.41, 5.74) is 2.00. The van der Waals surface area contributed by atoms with E-state index in [1.807, 2.05) is 35.4 Å². The van der Waals surface area contributed by atoms with Crippen molar-refractivity contribution in [2.75, 3.05) is 26.2 Å². The van der Waals surface area contributed by atoms with E-state index in [4.69, 9.17) is 0 Å². The molecule has 5 nitrogen and oxygen atoms in total. The van der Waals surface area contributed by atoms with Crippen LogP contribution in [-0.4, -0.2) is 52.8 Å². The summed E-state index contributed by atoms with van der Waals surface area (Å²) in [7, 11) is 0. The number of nitrogens with zero attached hydrogens (tertiary/aromatic N) is 2. The lowest BCUT2D eigenvalue weighted by molar-refractivity contribution is -0.130. The molecule has 2 aliphatic heterocycles. The van der Waals surface area contributed by atoms with Crippen LogP contribution in [-0.2, 0) is 4.79 Å². The molecule has 3 heterocycles. The van der Waals surface area contributed by atoms with Gasteiger partial charge >= 0.3 is 0 Å². The number of hydrogen-bond acceptors (Lipinski definition) is 2. The van der Waals surface area contributed by atoms with Crippen LogP contribution in [0.5, 0.6) is 0 Å². The molecular weight excluding hydrogens is 374 g/mol. The van der Waals surface area contributed by atoms with E-state index in [-0.39, 0.29) is 11.3 Å². The number of benzene rings is 1. The van der Waals surface area contributed by atoms with Crippen molar-refractivity contribution in [1.82, 2.24) is 14.8 Å². The predicted octanol–water partition coefficient (Wildman–Crippen LogP) is 4.59. The van der Waals surface area contributed by atoms with Crippen LogP contribution in [0.1, 0.15) is 68.1 Å². The largest absolute Gasteiger partial charge is 0.361 e. The Bertz CT molecular complexity index is 921. The van der Waals surface area contributed by atoms with Gasteiger partial charge in [-0.1, -0.05) is 25.3 Å². The number of nitrogens with one attached hydrogen (secondary N) is 1. The third-order valence-corrected chi connectivity index (χ3v) is 7.92. The van der Waals surface area contributed by atoms with E-state index in [1.54, 1.807) is 0 Å². The Morgan fingerprint density at radius 2 is 1.80 bits per heavy atom. The number of aromatic nitrogens is 1. The van der Waals surface area contributed by atoms with E-state index in [2.05, 4.69) is 9.88 Å². The lowest BCUT2D eigenvalue weighted by Crippen LogP contribution is -2.35. The molecule has 1 N–H and O–H groups in total. The second kappa shape index (κ2) is 8.09. The van der Waals surface area contributed by atoms with Gasteiger partial charge in [-0.05, 0) is 67.0 Å². The normalized spacial score (nSPS) is 23.5. The second-order valence-corrected chi connectivity index (χ2v) is 9.71. The summed E-state index contributed by atoms with van der Waals surface area (Å²) in [5.74, 6) is 0.910. The highest BCUT2D eigenvalue weighted by Gasteiger charge is 2.48. The minimum atomic E-state index is 0.143. The van der Waals surface area contributed by atoms with Crippen LogP contribution in [0.3, 0.4) is 0 Å². The van der Waals surface area contributed by atoms with Gasteiger partial charge in [-0.2, -0.15) is 0 Å². The van der Waals surface area contributed by atoms with Gasteiger partial charge in [-0.3, -0.25) is 9.59 Å². The Labute approximate surface area is 178 Å². The van der Waals surface area contributed by atoms with Crippen LogP contribution in [0.2, 0.25) is 0 Å². The zero-order valence-corrected chi connectivity index (χ0v) is 17.9. The Morgan fingerprint density at radius 3 is 2.60 bits per heavy atom. The molecule has 2 saturated heterocycles. The first-order valence-electron chi connectivity index (χ1n) is 11.8. The van der Waals surface area contributed by atoms with Crippen LogP contribution in [0.4, 0.5) is 0 Å². The van der Waals surface area contributed by atoms with Crippen LogP contribution in [0, 0.1) is 11.3 Å². The molecule has 5 heteroatoms. The van der Waals surface area contributed by atoms with Crippen molar-refractivity contribution in [3.05, 3.63) is 36.0 Å². The van der Waals surface area contributed by atoms with Gasteiger partial charge in [0.05, 0.1) is 0 Å². The number of fused-ring (bicyclic) bond motifs is 1. The van der Waals surface area contributed by atoms with E-state index in [0.717, 1.165) is 61.9 Å². The molecule has 0 radical (unpaired) electrons. The van der Waals surface area contributed by atoms with Crippen molar-refractivity contribution in [2.45, 2.75) is 57.8 Å². The molecule has 3 fully saturated rings. The quantitative estimate of drug-likeness (QED) is 0.806. The summed E-state index contributed by atoms with van der Waals surface area (Å²) in [6, 6.07) is 7.99. The van der Waals surface area contributed by atoms with Gasteiger partial charge in [0.25, 0.3) is 5.91 Å². The topological polar surface area (TPSA) is 56.4 Å². The maximum absolute atomic E-state index is 13.4. The number of hydrogen-bond donors (Lipinski definition) is 1. The lowest BCUT2D eigenvalue weighted by atomic mass is 9.66. The fraction of sp³-hybridized carbons (Fsp3) is 0.600. The van der Waals surface area contributed by atoms with Gasteiger partial charge in [0.15, 0.2) is 0 Å². The highest BCUT2D eigenvalue weighted by Crippen LogP contribution is 2.49. The van der Waals surface area contributed by atoms with Crippen LogP contribution in [0.15, 0.2) is 30.5 Å². The molecule has 1 spiro atoms. The smallest absolute Gasteiger partial charge is 0.253 e. The highest BCUT2D eigenvalue weighted by atomic mass is 16.2. The number of amides is 2. The Balaban J connectivity index is 1.31. The summed E-state index contributed by atoms with van der Waals surface area (Å²) in [6.45, 7) is 3.52. The molecule has 3 aliphatic rings. The first-order valence-corrected chi connectivity index (χ1v) is 11.8. The fourth-order valence-electron chi connectivity index (χ4n) is 6.19. The minimum absolute atomic E-state index is 0.143. The Morgan fingerprint density at radius 1 is 1.00 bits per heavy atom. The minimum Gasteiger partial charge on any atom is -0.361 e. The molecule has 1 aliphatic carbocycles. The summed E-state index contributed by atoms with van der Waals surface area (Å²) in [5, 5.41) is 1.13. The van der Waals surface area contributed by atoms with E-state index in [9.17, 15) is 9.59 Å². The van der Waals surface area contributed by atoms with Crippen LogP contribution < -0.4 is 0 Å². The first-order chi connectivity index (χ1) is 14.6. The Hall–Kier alpha value is -2.30. The number of likely N-dealkylation sites (tertiary alicyclic amines) is 2. The molecule has 1 aromatic heterocycles. The molecule has 1 atom stereocenters. The van der Waals surface area contributed by atoms with Gasteiger partial charge in [0.1, 0.15) is 0 Å². The number of H-pyrrole nitrogens is 1. The number of aromatic amines is 1. The molecule has 1 aromatic carbocycles.